The van der Waals surface area contributed by atoms with Crippen molar-refractivity contribution in [3.05, 3.63) is 109 Å². The Morgan fingerprint density at radius 2 is 1.16 bits per heavy atom. The fourth-order valence-corrected chi connectivity index (χ4v) is 4.98. The fourth-order valence-electron chi connectivity index (χ4n) is 4.98. The van der Waals surface area contributed by atoms with E-state index in [1.807, 2.05) is 0 Å². The molecule has 0 saturated heterocycles. The average molecular weight is 394 g/mol. The highest BCUT2D eigenvalue weighted by Gasteiger charge is 2.24. The van der Waals surface area contributed by atoms with Crippen LogP contribution in [-0.2, 0) is 0 Å². The lowest BCUT2D eigenvalue weighted by atomic mass is 9.89. The predicted molar refractivity (Wildman–Crippen MR) is 130 cm³/mol. The van der Waals surface area contributed by atoms with Gasteiger partial charge < -0.3 is 4.74 Å². The minimum Gasteiger partial charge on any atom is -0.455 e. The van der Waals surface area contributed by atoms with Crippen molar-refractivity contribution < 1.29 is 4.74 Å². The van der Waals surface area contributed by atoms with Gasteiger partial charge in [-0.25, -0.2) is 0 Å². The van der Waals surface area contributed by atoms with Gasteiger partial charge in [-0.2, -0.15) is 0 Å². The summed E-state index contributed by atoms with van der Waals surface area (Å²) in [6.45, 7) is 0. The summed E-state index contributed by atoms with van der Waals surface area (Å²) in [6.07, 6.45) is 0. The molecule has 0 amide bonds. The zero-order valence-corrected chi connectivity index (χ0v) is 16.8. The maximum Gasteiger partial charge on any atom is 0.143 e. The molecule has 0 atom stereocenters. The number of rotatable bonds is 1. The minimum absolute atomic E-state index is 0.935. The molecular weight excluding hydrogens is 376 g/mol. The van der Waals surface area contributed by atoms with Crippen LogP contribution in [0.5, 0.6) is 11.5 Å². The van der Waals surface area contributed by atoms with Gasteiger partial charge in [-0.1, -0.05) is 97.1 Å². The van der Waals surface area contributed by atoms with E-state index in [1.165, 1.54) is 43.4 Å². The average Bonchev–Trinajstić information content (AvgIpc) is 2.84. The molecule has 1 aliphatic heterocycles. The molecule has 0 bridgehead atoms. The molecule has 0 aliphatic carbocycles. The van der Waals surface area contributed by atoms with Crippen molar-refractivity contribution in [2.45, 2.75) is 0 Å². The summed E-state index contributed by atoms with van der Waals surface area (Å²) >= 11 is 0. The maximum absolute atomic E-state index is 6.66. The molecule has 0 saturated carbocycles. The standard InChI is InChI=1S/C30H18O/c1-2-8-20-17-22(16-15-19(20)7-1)24-11-5-14-27-26-13-6-12-25-23-10-4-3-9-21(23)18-28(29(25)26)31-30(24)27/h1-18H. The van der Waals surface area contributed by atoms with Crippen molar-refractivity contribution in [3.8, 4) is 33.8 Å². The molecule has 0 N–H and O–H groups in total. The van der Waals surface area contributed by atoms with Crippen LogP contribution in [0.2, 0.25) is 0 Å². The molecule has 0 radical (unpaired) electrons. The van der Waals surface area contributed by atoms with Crippen molar-refractivity contribution in [2.75, 3.05) is 0 Å². The Morgan fingerprint density at radius 3 is 2.10 bits per heavy atom. The molecule has 31 heavy (non-hydrogen) atoms. The minimum atomic E-state index is 0.935. The first kappa shape index (κ1) is 16.7. The van der Waals surface area contributed by atoms with Crippen LogP contribution in [0.4, 0.5) is 0 Å². The third kappa shape index (κ3) is 2.38. The van der Waals surface area contributed by atoms with Crippen molar-refractivity contribution in [1.82, 2.24) is 0 Å². The van der Waals surface area contributed by atoms with Crippen LogP contribution in [0, 0.1) is 0 Å². The van der Waals surface area contributed by atoms with Gasteiger partial charge in [0.05, 0.1) is 0 Å². The first-order chi connectivity index (χ1) is 15.4. The van der Waals surface area contributed by atoms with Crippen LogP contribution in [0.15, 0.2) is 109 Å². The van der Waals surface area contributed by atoms with Crippen molar-refractivity contribution in [1.29, 1.82) is 0 Å². The van der Waals surface area contributed by atoms with E-state index in [0.29, 0.717) is 0 Å². The van der Waals surface area contributed by atoms with Crippen LogP contribution in [-0.4, -0.2) is 0 Å². The highest BCUT2D eigenvalue weighted by molar-refractivity contribution is 6.16. The third-order valence-electron chi connectivity index (χ3n) is 6.43. The highest BCUT2D eigenvalue weighted by Crippen LogP contribution is 2.51. The van der Waals surface area contributed by atoms with Gasteiger partial charge in [0, 0.05) is 16.5 Å². The Labute approximate surface area is 180 Å². The first-order valence-electron chi connectivity index (χ1n) is 10.6. The molecule has 7 rings (SSSR count). The second kappa shape index (κ2) is 6.20. The first-order valence-corrected chi connectivity index (χ1v) is 10.6. The number of benzene rings is 6. The Morgan fingerprint density at radius 1 is 0.452 bits per heavy atom. The molecule has 1 heterocycles. The normalized spacial score (nSPS) is 12.1. The number of fused-ring (bicyclic) bond motifs is 5. The summed E-state index contributed by atoms with van der Waals surface area (Å²) in [6, 6.07) is 38.9. The molecule has 0 spiro atoms. The number of hydrogen-bond acceptors (Lipinski definition) is 1. The molecule has 6 aromatic carbocycles. The second-order valence-electron chi connectivity index (χ2n) is 8.17. The van der Waals surface area contributed by atoms with Gasteiger partial charge >= 0.3 is 0 Å². The lowest BCUT2D eigenvalue weighted by molar-refractivity contribution is 0.489. The van der Waals surface area contributed by atoms with Crippen LogP contribution in [0.3, 0.4) is 0 Å². The molecule has 1 nitrogen and oxygen atoms in total. The summed E-state index contributed by atoms with van der Waals surface area (Å²) in [4.78, 5) is 0. The number of ether oxygens (including phenoxy) is 1. The van der Waals surface area contributed by atoms with Gasteiger partial charge in [0.1, 0.15) is 11.5 Å². The van der Waals surface area contributed by atoms with Crippen LogP contribution < -0.4 is 4.74 Å². The van der Waals surface area contributed by atoms with Crippen molar-refractivity contribution in [3.63, 3.8) is 0 Å². The number of hydrogen-bond donors (Lipinski definition) is 0. The smallest absolute Gasteiger partial charge is 0.143 e. The molecule has 0 fully saturated rings. The van der Waals surface area contributed by atoms with Gasteiger partial charge in [-0.15, -0.1) is 0 Å². The molecule has 0 aromatic heterocycles. The van der Waals surface area contributed by atoms with Crippen molar-refractivity contribution in [2.24, 2.45) is 0 Å². The quantitative estimate of drug-likeness (QED) is 0.253. The fraction of sp³-hybridized carbons (Fsp3) is 0. The second-order valence-corrected chi connectivity index (χ2v) is 8.17. The van der Waals surface area contributed by atoms with E-state index in [4.69, 9.17) is 4.74 Å². The lowest BCUT2D eigenvalue weighted by Crippen LogP contribution is -1.99. The van der Waals surface area contributed by atoms with E-state index in [9.17, 15) is 0 Å². The Hall–Kier alpha value is -4.10. The van der Waals surface area contributed by atoms with Gasteiger partial charge in [-0.3, -0.25) is 0 Å². The van der Waals surface area contributed by atoms with E-state index in [0.717, 1.165) is 22.6 Å². The summed E-state index contributed by atoms with van der Waals surface area (Å²) in [7, 11) is 0. The van der Waals surface area contributed by atoms with Gasteiger partial charge in [0.2, 0.25) is 0 Å². The highest BCUT2D eigenvalue weighted by atomic mass is 16.5. The van der Waals surface area contributed by atoms with Crippen molar-refractivity contribution >= 4 is 32.3 Å². The Kier molecular flexibility index (Phi) is 3.33. The zero-order chi connectivity index (χ0) is 20.4. The maximum atomic E-state index is 6.66. The Bertz CT molecular complexity index is 1660. The van der Waals surface area contributed by atoms with Gasteiger partial charge in [0.25, 0.3) is 0 Å². The molecule has 6 aromatic rings. The van der Waals surface area contributed by atoms with Crippen LogP contribution >= 0.6 is 0 Å². The molecule has 0 unspecified atom stereocenters. The zero-order valence-electron chi connectivity index (χ0n) is 16.8. The summed E-state index contributed by atoms with van der Waals surface area (Å²) in [5.74, 6) is 1.87. The van der Waals surface area contributed by atoms with E-state index in [2.05, 4.69) is 109 Å². The van der Waals surface area contributed by atoms with Gasteiger partial charge in [-0.05, 0) is 50.2 Å². The monoisotopic (exact) mass is 394 g/mol. The van der Waals surface area contributed by atoms with E-state index < -0.39 is 0 Å². The van der Waals surface area contributed by atoms with E-state index in [-0.39, 0.29) is 0 Å². The number of para-hydroxylation sites is 1. The largest absolute Gasteiger partial charge is 0.455 e. The molecule has 144 valence electrons. The Balaban J connectivity index is 1.53. The third-order valence-corrected chi connectivity index (χ3v) is 6.43. The SMILES string of the molecule is c1cc(-c2ccc3ccccc3c2)c2c(c1)-c1cccc3c1c(cc1ccccc13)O2. The van der Waals surface area contributed by atoms with E-state index >= 15 is 0 Å². The lowest BCUT2D eigenvalue weighted by Gasteiger charge is -2.24. The summed E-state index contributed by atoms with van der Waals surface area (Å²) < 4.78 is 6.66. The molecular formula is C30H18O. The van der Waals surface area contributed by atoms with Crippen LogP contribution in [0.1, 0.15) is 0 Å². The molecule has 1 heteroatoms. The predicted octanol–water partition coefficient (Wildman–Crippen LogP) is 8.59. The van der Waals surface area contributed by atoms with E-state index in [1.54, 1.807) is 0 Å². The van der Waals surface area contributed by atoms with Gasteiger partial charge in [0.15, 0.2) is 0 Å². The van der Waals surface area contributed by atoms with Crippen LogP contribution in [0.25, 0.3) is 54.6 Å². The molecule has 1 aliphatic rings. The summed E-state index contributed by atoms with van der Waals surface area (Å²) in [5, 5.41) is 7.40. The summed E-state index contributed by atoms with van der Waals surface area (Å²) in [5.41, 5.74) is 4.69. The topological polar surface area (TPSA) is 9.23 Å².